The van der Waals surface area contributed by atoms with Crippen molar-refractivity contribution in [2.24, 2.45) is 0 Å². The van der Waals surface area contributed by atoms with E-state index in [0.717, 1.165) is 6.26 Å². The van der Waals surface area contributed by atoms with E-state index in [-0.39, 0.29) is 5.95 Å². The van der Waals surface area contributed by atoms with E-state index in [1.165, 1.54) is 19.4 Å². The Balaban J connectivity index is 2.90. The quantitative estimate of drug-likeness (QED) is 0.739. The average Bonchev–Trinajstić information content (AvgIpc) is 2.01. The van der Waals surface area contributed by atoms with Crippen LogP contribution in [0.25, 0.3) is 0 Å². The van der Waals surface area contributed by atoms with E-state index in [0.29, 0.717) is 5.88 Å². The van der Waals surface area contributed by atoms with Gasteiger partial charge >= 0.3 is 0 Å². The van der Waals surface area contributed by atoms with E-state index in [1.807, 2.05) is 0 Å². The second-order valence-electron chi connectivity index (χ2n) is 2.30. The number of nitrogens with zero attached hydrogens (tertiary/aromatic N) is 2. The average molecular weight is 203 g/mol. The lowest BCUT2D eigenvalue weighted by Crippen LogP contribution is -2.12. The van der Waals surface area contributed by atoms with Crippen molar-refractivity contribution in [1.29, 1.82) is 0 Å². The van der Waals surface area contributed by atoms with Gasteiger partial charge in [0.05, 0.1) is 13.4 Å². The summed E-state index contributed by atoms with van der Waals surface area (Å²) in [6, 6.07) is 1.52. The normalized spacial score (nSPS) is 10.9. The molecule has 1 aromatic heterocycles. The van der Waals surface area contributed by atoms with Gasteiger partial charge in [0.25, 0.3) is 0 Å². The lowest BCUT2D eigenvalue weighted by Gasteiger charge is -2.02. The maximum Gasteiger partial charge on any atom is 0.239 e. The van der Waals surface area contributed by atoms with E-state index < -0.39 is 10.0 Å². The van der Waals surface area contributed by atoms with Gasteiger partial charge < -0.3 is 4.74 Å². The molecule has 0 aliphatic rings. The van der Waals surface area contributed by atoms with Crippen molar-refractivity contribution in [2.45, 2.75) is 0 Å². The first-order valence-electron chi connectivity index (χ1n) is 3.36. The molecule has 0 radical (unpaired) electrons. The van der Waals surface area contributed by atoms with E-state index in [1.54, 1.807) is 0 Å². The van der Waals surface area contributed by atoms with Gasteiger partial charge in [-0.2, -0.15) is 4.98 Å². The summed E-state index contributed by atoms with van der Waals surface area (Å²) in [6.45, 7) is 0. The van der Waals surface area contributed by atoms with Gasteiger partial charge in [0, 0.05) is 12.3 Å². The van der Waals surface area contributed by atoms with Gasteiger partial charge in [-0.1, -0.05) is 0 Å². The van der Waals surface area contributed by atoms with Crippen LogP contribution < -0.4 is 9.46 Å². The van der Waals surface area contributed by atoms with Crippen LogP contribution in [0.2, 0.25) is 0 Å². The molecular weight excluding hydrogens is 194 g/mol. The molecule has 0 fully saturated rings. The van der Waals surface area contributed by atoms with E-state index >= 15 is 0 Å². The molecule has 1 aromatic rings. The molecule has 1 heterocycles. The number of methoxy groups -OCH3 is 1. The molecule has 0 amide bonds. The standard InChI is InChI=1S/C6H9N3O3S/c1-12-5-3-4-7-6(8-5)9-13(2,10)11/h3-4H,1-2H3,(H,7,8,9). The van der Waals surface area contributed by atoms with Crippen LogP contribution in [-0.4, -0.2) is 31.8 Å². The van der Waals surface area contributed by atoms with Crippen molar-refractivity contribution in [3.63, 3.8) is 0 Å². The maximum absolute atomic E-state index is 10.8. The highest BCUT2D eigenvalue weighted by Crippen LogP contribution is 2.07. The van der Waals surface area contributed by atoms with Crippen molar-refractivity contribution in [2.75, 3.05) is 18.1 Å². The Labute approximate surface area is 76.0 Å². The predicted octanol–water partition coefficient (Wildman–Crippen LogP) is -0.143. The fraction of sp³-hybridized carbons (Fsp3) is 0.333. The van der Waals surface area contributed by atoms with Crippen LogP contribution in [0.5, 0.6) is 5.88 Å². The summed E-state index contributed by atoms with van der Waals surface area (Å²) in [5.41, 5.74) is 0. The summed E-state index contributed by atoms with van der Waals surface area (Å²) in [5.74, 6) is 0.308. The van der Waals surface area contributed by atoms with Gasteiger partial charge in [-0.05, 0) is 0 Å². The van der Waals surface area contributed by atoms with Gasteiger partial charge in [-0.3, -0.25) is 4.72 Å². The van der Waals surface area contributed by atoms with Crippen molar-refractivity contribution < 1.29 is 13.2 Å². The minimum Gasteiger partial charge on any atom is -0.481 e. The number of nitrogens with one attached hydrogen (secondary N) is 1. The van der Waals surface area contributed by atoms with Crippen LogP contribution in [0.15, 0.2) is 12.3 Å². The third-order valence-electron chi connectivity index (χ3n) is 1.12. The van der Waals surface area contributed by atoms with Gasteiger partial charge in [-0.25, -0.2) is 13.4 Å². The Hall–Kier alpha value is -1.37. The number of hydrogen-bond donors (Lipinski definition) is 1. The lowest BCUT2D eigenvalue weighted by molar-refractivity contribution is 0.397. The van der Waals surface area contributed by atoms with E-state index in [9.17, 15) is 8.42 Å². The Morgan fingerprint density at radius 1 is 1.54 bits per heavy atom. The number of aromatic nitrogens is 2. The highest BCUT2D eigenvalue weighted by Gasteiger charge is 2.04. The Morgan fingerprint density at radius 2 is 2.23 bits per heavy atom. The van der Waals surface area contributed by atoms with E-state index in [2.05, 4.69) is 14.7 Å². The third-order valence-corrected chi connectivity index (χ3v) is 1.67. The molecule has 0 saturated heterocycles. The molecule has 72 valence electrons. The molecule has 0 atom stereocenters. The number of anilines is 1. The zero-order chi connectivity index (χ0) is 9.90. The summed E-state index contributed by atoms with van der Waals surface area (Å²) >= 11 is 0. The fourth-order valence-corrected chi connectivity index (χ4v) is 1.10. The molecule has 0 bridgehead atoms. The number of hydrogen-bond acceptors (Lipinski definition) is 5. The smallest absolute Gasteiger partial charge is 0.239 e. The Morgan fingerprint density at radius 3 is 2.77 bits per heavy atom. The molecule has 7 heteroatoms. The molecule has 13 heavy (non-hydrogen) atoms. The van der Waals surface area contributed by atoms with Crippen LogP contribution in [0.4, 0.5) is 5.95 Å². The number of rotatable bonds is 3. The second kappa shape index (κ2) is 3.56. The van der Waals surface area contributed by atoms with Crippen molar-refractivity contribution in [3.05, 3.63) is 12.3 Å². The SMILES string of the molecule is COc1ccnc(NS(C)(=O)=O)n1. The third kappa shape index (κ3) is 3.24. The van der Waals surface area contributed by atoms with Gasteiger partial charge in [0.1, 0.15) is 0 Å². The molecular formula is C6H9N3O3S. The topological polar surface area (TPSA) is 81.2 Å². The van der Waals surface area contributed by atoms with Crippen LogP contribution >= 0.6 is 0 Å². The maximum atomic E-state index is 10.8. The van der Waals surface area contributed by atoms with E-state index in [4.69, 9.17) is 4.74 Å². The van der Waals surface area contributed by atoms with Crippen LogP contribution in [-0.2, 0) is 10.0 Å². The first-order chi connectivity index (χ1) is 6.01. The van der Waals surface area contributed by atoms with Gasteiger partial charge in [-0.15, -0.1) is 0 Å². The number of sulfonamides is 1. The minimum atomic E-state index is -3.33. The highest BCUT2D eigenvalue weighted by atomic mass is 32.2. The first kappa shape index (κ1) is 9.72. The predicted molar refractivity (Wildman–Crippen MR) is 47.1 cm³/mol. The first-order valence-corrected chi connectivity index (χ1v) is 5.25. The zero-order valence-corrected chi connectivity index (χ0v) is 8.00. The minimum absolute atomic E-state index is 0.00171. The summed E-state index contributed by atoms with van der Waals surface area (Å²) < 4.78 is 28.4. The largest absolute Gasteiger partial charge is 0.481 e. The molecule has 0 aliphatic carbocycles. The van der Waals surface area contributed by atoms with Crippen molar-refractivity contribution in [1.82, 2.24) is 9.97 Å². The molecule has 1 rings (SSSR count). The molecule has 0 saturated carbocycles. The van der Waals surface area contributed by atoms with Gasteiger partial charge in [0.15, 0.2) is 0 Å². The summed E-state index contributed by atoms with van der Waals surface area (Å²) in [4.78, 5) is 7.44. The van der Waals surface area contributed by atoms with Crippen LogP contribution in [0.1, 0.15) is 0 Å². The fourth-order valence-electron chi connectivity index (χ4n) is 0.671. The number of ether oxygens (including phenoxy) is 1. The van der Waals surface area contributed by atoms with Crippen molar-refractivity contribution in [3.8, 4) is 5.88 Å². The lowest BCUT2D eigenvalue weighted by atomic mass is 10.6. The summed E-state index contributed by atoms with van der Waals surface area (Å²) in [6.07, 6.45) is 2.43. The van der Waals surface area contributed by atoms with Crippen LogP contribution in [0.3, 0.4) is 0 Å². The van der Waals surface area contributed by atoms with Crippen LogP contribution in [0, 0.1) is 0 Å². The van der Waals surface area contributed by atoms with Gasteiger partial charge in [0.2, 0.25) is 21.9 Å². The Kier molecular flexibility index (Phi) is 2.66. The molecule has 0 aromatic carbocycles. The Bertz CT molecular complexity index is 390. The summed E-state index contributed by atoms with van der Waals surface area (Å²) in [5, 5.41) is 0. The summed E-state index contributed by atoms with van der Waals surface area (Å²) in [7, 11) is -1.90. The highest BCUT2D eigenvalue weighted by molar-refractivity contribution is 7.91. The second-order valence-corrected chi connectivity index (χ2v) is 4.05. The molecule has 1 N–H and O–H groups in total. The molecule has 0 aliphatic heterocycles. The molecule has 0 unspecified atom stereocenters. The zero-order valence-electron chi connectivity index (χ0n) is 7.18. The monoisotopic (exact) mass is 203 g/mol. The molecule has 0 spiro atoms. The molecule has 6 nitrogen and oxygen atoms in total. The van der Waals surface area contributed by atoms with Crippen molar-refractivity contribution >= 4 is 16.0 Å².